The number of benzene rings is 1. The Morgan fingerprint density at radius 2 is 2.06 bits per heavy atom. The van der Waals surface area contributed by atoms with E-state index in [0.717, 1.165) is 12.0 Å². The number of methoxy groups -OCH3 is 1. The highest BCUT2D eigenvalue weighted by Gasteiger charge is 2.30. The second-order valence-corrected chi connectivity index (χ2v) is 9.71. The second kappa shape index (κ2) is 10.7. The summed E-state index contributed by atoms with van der Waals surface area (Å²) < 4.78 is 12.5. The van der Waals surface area contributed by atoms with Crippen molar-refractivity contribution in [1.82, 2.24) is 9.55 Å². The minimum atomic E-state index is -0.968. The average Bonchev–Trinajstić information content (AvgIpc) is 3.49. The first-order valence-corrected chi connectivity index (χ1v) is 12.2. The van der Waals surface area contributed by atoms with E-state index in [2.05, 4.69) is 15.6 Å². The Bertz CT molecular complexity index is 1230. The lowest BCUT2D eigenvalue weighted by Crippen LogP contribution is -2.39. The summed E-state index contributed by atoms with van der Waals surface area (Å²) in [4.78, 5) is 30.7. The van der Waals surface area contributed by atoms with E-state index in [0.29, 0.717) is 48.4 Å². The zero-order chi connectivity index (χ0) is 25.9. The van der Waals surface area contributed by atoms with Gasteiger partial charge in [-0.1, -0.05) is 30.3 Å². The van der Waals surface area contributed by atoms with Gasteiger partial charge in [-0.05, 0) is 51.7 Å². The zero-order valence-electron chi connectivity index (χ0n) is 21.2. The van der Waals surface area contributed by atoms with Crippen molar-refractivity contribution < 1.29 is 24.2 Å². The van der Waals surface area contributed by atoms with E-state index >= 15 is 0 Å². The molecule has 3 aromatic rings. The van der Waals surface area contributed by atoms with E-state index in [1.54, 1.807) is 24.6 Å². The van der Waals surface area contributed by atoms with E-state index in [1.165, 1.54) is 7.11 Å². The maximum absolute atomic E-state index is 13.0. The molecule has 2 atom stereocenters. The predicted molar refractivity (Wildman–Crippen MR) is 138 cm³/mol. The number of hydrogen-bond donors (Lipinski definition) is 3. The molecule has 9 heteroatoms. The fourth-order valence-corrected chi connectivity index (χ4v) is 4.26. The number of aryl methyl sites for hydroxylation is 2. The van der Waals surface area contributed by atoms with Crippen LogP contribution in [-0.4, -0.2) is 58.0 Å². The van der Waals surface area contributed by atoms with Crippen LogP contribution < -0.4 is 10.6 Å². The molecule has 1 amide bonds. The Balaban J connectivity index is 1.80. The molecule has 4 rings (SSSR count). The third-order valence-corrected chi connectivity index (χ3v) is 6.66. The average molecular weight is 495 g/mol. The molecule has 3 heterocycles. The maximum atomic E-state index is 13.0. The van der Waals surface area contributed by atoms with Gasteiger partial charge in [-0.25, -0.2) is 9.78 Å². The van der Waals surface area contributed by atoms with Gasteiger partial charge in [-0.2, -0.15) is 0 Å². The number of nitrogens with zero attached hydrogens (tertiary/aromatic N) is 2. The summed E-state index contributed by atoms with van der Waals surface area (Å²) in [5.41, 5.74) is 1.92. The molecule has 0 bridgehead atoms. The number of aromatic nitrogens is 2. The molecule has 0 spiro atoms. The lowest BCUT2D eigenvalue weighted by Gasteiger charge is -2.27. The molecule has 3 N–H and O–H groups in total. The number of nitrogens with one attached hydrogen (secondary N) is 2. The standard InChI is InChI=1S/C27H34N4O5/c1-17(27(2,3)34)29-19-15-20-22(30-25(32)21-11-8-14-36-21)23(26(33)35-4)31(24(20)28-16-19)13-12-18-9-6-5-7-10-18/h5-7,9-10,15-17,21,29,34H,8,11-14H2,1-4H3,(H,30,32)/t17-,21+/m1/s1. The lowest BCUT2D eigenvalue weighted by atomic mass is 10.0. The molecule has 1 aliphatic rings. The Labute approximate surface area is 210 Å². The number of carbonyl (C=O) groups is 2. The minimum Gasteiger partial charge on any atom is -0.464 e. The summed E-state index contributed by atoms with van der Waals surface area (Å²) in [5, 5.41) is 17.2. The Morgan fingerprint density at radius 1 is 1.31 bits per heavy atom. The van der Waals surface area contributed by atoms with Gasteiger partial charge in [0.05, 0.1) is 36.3 Å². The van der Waals surface area contributed by atoms with Crippen LogP contribution in [0.5, 0.6) is 0 Å². The van der Waals surface area contributed by atoms with Crippen LogP contribution >= 0.6 is 0 Å². The highest BCUT2D eigenvalue weighted by atomic mass is 16.5. The van der Waals surface area contributed by atoms with Crippen LogP contribution in [0.2, 0.25) is 0 Å². The number of rotatable bonds is 9. The van der Waals surface area contributed by atoms with Gasteiger partial charge in [0, 0.05) is 18.5 Å². The first kappa shape index (κ1) is 25.7. The summed E-state index contributed by atoms with van der Waals surface area (Å²) in [6, 6.07) is 11.5. The van der Waals surface area contributed by atoms with Crippen molar-refractivity contribution in [2.75, 3.05) is 24.4 Å². The smallest absolute Gasteiger partial charge is 0.356 e. The van der Waals surface area contributed by atoms with E-state index in [4.69, 9.17) is 9.47 Å². The van der Waals surface area contributed by atoms with Gasteiger partial charge >= 0.3 is 5.97 Å². The molecule has 9 nitrogen and oxygen atoms in total. The van der Waals surface area contributed by atoms with E-state index in [9.17, 15) is 14.7 Å². The fourth-order valence-electron chi connectivity index (χ4n) is 4.26. The molecule has 0 unspecified atom stereocenters. The molecular formula is C27H34N4O5. The van der Waals surface area contributed by atoms with Crippen molar-refractivity contribution in [1.29, 1.82) is 0 Å². The largest absolute Gasteiger partial charge is 0.464 e. The highest BCUT2D eigenvalue weighted by molar-refractivity contribution is 6.12. The van der Waals surface area contributed by atoms with Gasteiger partial charge in [0.15, 0.2) is 5.69 Å². The number of fused-ring (bicyclic) bond motifs is 1. The number of ether oxygens (including phenoxy) is 2. The molecule has 36 heavy (non-hydrogen) atoms. The number of anilines is 2. The van der Waals surface area contributed by atoms with E-state index < -0.39 is 17.7 Å². The van der Waals surface area contributed by atoms with Crippen molar-refractivity contribution in [2.45, 2.75) is 64.3 Å². The van der Waals surface area contributed by atoms with Crippen molar-refractivity contribution in [3.63, 3.8) is 0 Å². The van der Waals surface area contributed by atoms with Crippen LogP contribution in [0, 0.1) is 0 Å². The van der Waals surface area contributed by atoms with E-state index in [1.807, 2.05) is 43.3 Å². The van der Waals surface area contributed by atoms with E-state index in [-0.39, 0.29) is 17.6 Å². The topological polar surface area (TPSA) is 115 Å². The van der Waals surface area contributed by atoms with Crippen molar-refractivity contribution in [3.8, 4) is 0 Å². The fraction of sp³-hybridized carbons (Fsp3) is 0.444. The summed E-state index contributed by atoms with van der Waals surface area (Å²) in [6.07, 6.45) is 3.19. The molecule has 192 valence electrons. The summed E-state index contributed by atoms with van der Waals surface area (Å²) in [7, 11) is 1.32. The number of amides is 1. The third kappa shape index (κ3) is 5.52. The molecule has 0 aliphatic carbocycles. The summed E-state index contributed by atoms with van der Waals surface area (Å²) >= 11 is 0. The zero-order valence-corrected chi connectivity index (χ0v) is 21.2. The Hall–Kier alpha value is -3.43. The van der Waals surface area contributed by atoms with Gasteiger partial charge in [0.2, 0.25) is 0 Å². The molecule has 0 saturated carbocycles. The monoisotopic (exact) mass is 494 g/mol. The molecule has 0 radical (unpaired) electrons. The molecule has 2 aromatic heterocycles. The summed E-state index contributed by atoms with van der Waals surface area (Å²) in [6.45, 7) is 6.31. The highest BCUT2D eigenvalue weighted by Crippen LogP contribution is 2.34. The first-order chi connectivity index (χ1) is 17.2. The van der Waals surface area contributed by atoms with Crippen LogP contribution in [0.4, 0.5) is 11.4 Å². The minimum absolute atomic E-state index is 0.231. The van der Waals surface area contributed by atoms with Gasteiger partial charge in [0.25, 0.3) is 5.91 Å². The second-order valence-electron chi connectivity index (χ2n) is 9.71. The SMILES string of the molecule is COC(=O)c1c(NC(=O)[C@@H]2CCCO2)c2cc(N[C@H](C)C(C)(C)O)cnc2n1CCc1ccccc1. The lowest BCUT2D eigenvalue weighted by molar-refractivity contribution is -0.124. The molecule has 1 aliphatic heterocycles. The quantitative estimate of drug-likeness (QED) is 0.388. The number of pyridine rings is 1. The molecule has 1 aromatic carbocycles. The number of esters is 1. The van der Waals surface area contributed by atoms with Gasteiger partial charge in [0.1, 0.15) is 11.8 Å². The first-order valence-electron chi connectivity index (χ1n) is 12.2. The molecule has 1 fully saturated rings. The number of hydrogen-bond acceptors (Lipinski definition) is 7. The molecular weight excluding hydrogens is 460 g/mol. The van der Waals surface area contributed by atoms with Crippen molar-refractivity contribution >= 4 is 34.3 Å². The van der Waals surface area contributed by atoms with Crippen LogP contribution in [0.1, 0.15) is 49.7 Å². The van der Waals surface area contributed by atoms with Gasteiger partial charge in [-0.3, -0.25) is 4.79 Å². The van der Waals surface area contributed by atoms with Crippen LogP contribution in [0.25, 0.3) is 11.0 Å². The van der Waals surface area contributed by atoms with Crippen molar-refractivity contribution in [2.24, 2.45) is 0 Å². The number of aliphatic hydroxyl groups is 1. The van der Waals surface area contributed by atoms with Gasteiger partial charge in [-0.15, -0.1) is 0 Å². The van der Waals surface area contributed by atoms with Gasteiger partial charge < -0.3 is 29.8 Å². The van der Waals surface area contributed by atoms with Crippen LogP contribution in [-0.2, 0) is 27.2 Å². The predicted octanol–water partition coefficient (Wildman–Crippen LogP) is 3.75. The van der Waals surface area contributed by atoms with Crippen molar-refractivity contribution in [3.05, 3.63) is 53.9 Å². The normalized spacial score (nSPS) is 16.6. The maximum Gasteiger partial charge on any atom is 0.356 e. The Kier molecular flexibility index (Phi) is 7.61. The third-order valence-electron chi connectivity index (χ3n) is 6.66. The summed E-state index contributed by atoms with van der Waals surface area (Å²) in [5.74, 6) is -0.869. The van der Waals surface area contributed by atoms with Crippen LogP contribution in [0.3, 0.4) is 0 Å². The number of carbonyl (C=O) groups excluding carboxylic acids is 2. The molecule has 1 saturated heterocycles. The Morgan fingerprint density at radius 3 is 2.69 bits per heavy atom. The van der Waals surface area contributed by atoms with Crippen LogP contribution in [0.15, 0.2) is 42.6 Å².